The molecule has 1 aliphatic heterocycles. The van der Waals surface area contributed by atoms with E-state index < -0.39 is 5.82 Å². The second kappa shape index (κ2) is 11.0. The van der Waals surface area contributed by atoms with Crippen LogP contribution in [0.4, 0.5) is 4.39 Å². The van der Waals surface area contributed by atoms with Gasteiger partial charge in [-0.2, -0.15) is 0 Å². The van der Waals surface area contributed by atoms with Gasteiger partial charge in [-0.25, -0.2) is 4.39 Å². The number of benzene rings is 2. The van der Waals surface area contributed by atoms with E-state index in [0.29, 0.717) is 30.1 Å². The number of para-hydroxylation sites is 1. The van der Waals surface area contributed by atoms with Gasteiger partial charge in [-0.3, -0.25) is 9.59 Å². The van der Waals surface area contributed by atoms with Crippen LogP contribution in [0, 0.1) is 5.82 Å². The van der Waals surface area contributed by atoms with Crippen LogP contribution in [0.1, 0.15) is 40.2 Å². The molecule has 0 bridgehead atoms. The van der Waals surface area contributed by atoms with Gasteiger partial charge >= 0.3 is 0 Å². The summed E-state index contributed by atoms with van der Waals surface area (Å²) in [7, 11) is 0. The van der Waals surface area contributed by atoms with Gasteiger partial charge in [0.05, 0.1) is 6.04 Å². The lowest BCUT2D eigenvalue weighted by atomic mass is 10.0. The van der Waals surface area contributed by atoms with Gasteiger partial charge in [-0.1, -0.05) is 36.7 Å². The highest BCUT2D eigenvalue weighted by molar-refractivity contribution is 7.10. The molecule has 0 radical (unpaired) electrons. The minimum absolute atomic E-state index is 0.0468. The number of thiophene rings is 1. The van der Waals surface area contributed by atoms with Gasteiger partial charge in [0, 0.05) is 28.6 Å². The summed E-state index contributed by atoms with van der Waals surface area (Å²) in [5.74, 6) is -0.683. The van der Waals surface area contributed by atoms with Crippen molar-refractivity contribution in [3.8, 4) is 5.75 Å². The summed E-state index contributed by atoms with van der Waals surface area (Å²) >= 11 is 7.71. The molecule has 4 rings (SSSR count). The summed E-state index contributed by atoms with van der Waals surface area (Å²) in [6, 6.07) is 14.6. The fourth-order valence-corrected chi connectivity index (χ4v) is 5.30. The topological polar surface area (TPSA) is 49.9 Å². The number of carbonyl (C=O) groups excluding carboxylic acids is 2. The second-order valence-electron chi connectivity index (χ2n) is 8.13. The van der Waals surface area contributed by atoms with Crippen molar-refractivity contribution in [2.24, 2.45) is 0 Å². The van der Waals surface area contributed by atoms with Crippen LogP contribution in [0.2, 0.25) is 5.02 Å². The molecule has 0 saturated carbocycles. The number of rotatable bonds is 8. The molecule has 34 heavy (non-hydrogen) atoms. The zero-order valence-electron chi connectivity index (χ0n) is 18.9. The Morgan fingerprint density at radius 1 is 1.21 bits per heavy atom. The average Bonchev–Trinajstić information content (AvgIpc) is 3.32. The van der Waals surface area contributed by atoms with Crippen molar-refractivity contribution in [3.63, 3.8) is 0 Å². The van der Waals surface area contributed by atoms with Crippen LogP contribution < -0.4 is 4.74 Å². The molecule has 0 saturated heterocycles. The third-order valence-electron chi connectivity index (χ3n) is 5.83. The Balaban J connectivity index is 1.53. The molecule has 5 nitrogen and oxygen atoms in total. The van der Waals surface area contributed by atoms with Gasteiger partial charge in [0.15, 0.2) is 11.6 Å². The highest BCUT2D eigenvalue weighted by Gasteiger charge is 2.33. The predicted molar refractivity (Wildman–Crippen MR) is 132 cm³/mol. The minimum atomic E-state index is -0.442. The monoisotopic (exact) mass is 500 g/mol. The largest absolute Gasteiger partial charge is 0.488 e. The normalized spacial score (nSPS) is 15.0. The summed E-state index contributed by atoms with van der Waals surface area (Å²) in [5.41, 5.74) is 1.47. The van der Waals surface area contributed by atoms with Gasteiger partial charge in [0.25, 0.3) is 5.91 Å². The van der Waals surface area contributed by atoms with Crippen molar-refractivity contribution in [3.05, 3.63) is 86.8 Å². The molecule has 0 spiro atoms. The van der Waals surface area contributed by atoms with Crippen LogP contribution in [0.3, 0.4) is 0 Å². The van der Waals surface area contributed by atoms with E-state index in [1.165, 1.54) is 10.9 Å². The van der Waals surface area contributed by atoms with E-state index in [4.69, 9.17) is 16.3 Å². The van der Waals surface area contributed by atoms with Crippen molar-refractivity contribution in [2.75, 3.05) is 26.2 Å². The lowest BCUT2D eigenvalue weighted by molar-refractivity contribution is -0.135. The van der Waals surface area contributed by atoms with Crippen molar-refractivity contribution in [1.82, 2.24) is 9.80 Å². The van der Waals surface area contributed by atoms with Crippen LogP contribution in [-0.4, -0.2) is 47.9 Å². The number of hydrogen-bond acceptors (Lipinski definition) is 4. The summed E-state index contributed by atoms with van der Waals surface area (Å²) in [4.78, 5) is 31.1. The molecule has 1 aromatic heterocycles. The SMILES string of the molecule is CCCN(CC(=O)N1CCc2sccc2[C@@H]1COc1ccccc1F)C(=O)c1cccc(Cl)c1. The Labute approximate surface area is 207 Å². The van der Waals surface area contributed by atoms with Crippen molar-refractivity contribution < 1.29 is 18.7 Å². The standard InChI is InChI=1S/C26H26ClFN2O3S/c1-2-12-29(26(32)18-6-5-7-19(27)15-18)16-25(31)30-13-10-24-20(11-14-34-24)22(30)17-33-23-9-4-3-8-21(23)28/h3-9,11,14-15,22H,2,10,12-13,16-17H2,1H3/t22-/m0/s1. The third kappa shape index (κ3) is 5.42. The first-order valence-corrected chi connectivity index (χ1v) is 12.5. The molecule has 1 aliphatic rings. The zero-order chi connectivity index (χ0) is 24.1. The maximum atomic E-state index is 14.1. The molecule has 0 unspecified atom stereocenters. The number of ether oxygens (including phenoxy) is 1. The number of nitrogens with zero attached hydrogens (tertiary/aromatic N) is 2. The minimum Gasteiger partial charge on any atom is -0.488 e. The van der Waals surface area contributed by atoms with Gasteiger partial charge < -0.3 is 14.5 Å². The number of fused-ring (bicyclic) bond motifs is 1. The smallest absolute Gasteiger partial charge is 0.254 e. The van der Waals surface area contributed by atoms with Crippen LogP contribution in [0.15, 0.2) is 60.0 Å². The average molecular weight is 501 g/mol. The lowest BCUT2D eigenvalue weighted by Gasteiger charge is -2.37. The van der Waals surface area contributed by atoms with E-state index in [9.17, 15) is 14.0 Å². The fourth-order valence-electron chi connectivity index (χ4n) is 4.19. The zero-order valence-corrected chi connectivity index (χ0v) is 20.4. The van der Waals surface area contributed by atoms with E-state index in [1.807, 2.05) is 18.4 Å². The summed E-state index contributed by atoms with van der Waals surface area (Å²) in [5, 5.41) is 2.47. The van der Waals surface area contributed by atoms with Gasteiger partial charge in [0.1, 0.15) is 13.2 Å². The van der Waals surface area contributed by atoms with Crippen molar-refractivity contribution in [1.29, 1.82) is 0 Å². The molecule has 0 N–H and O–H groups in total. The van der Waals surface area contributed by atoms with E-state index in [-0.39, 0.29) is 36.8 Å². The number of amides is 2. The Hall–Kier alpha value is -2.90. The predicted octanol–water partition coefficient (Wildman–Crippen LogP) is 5.60. The number of carbonyl (C=O) groups is 2. The van der Waals surface area contributed by atoms with Crippen LogP contribution in [0.25, 0.3) is 0 Å². The lowest BCUT2D eigenvalue weighted by Crippen LogP contribution is -2.48. The quantitative estimate of drug-likeness (QED) is 0.404. The first kappa shape index (κ1) is 24.2. The maximum Gasteiger partial charge on any atom is 0.254 e. The second-order valence-corrected chi connectivity index (χ2v) is 9.57. The third-order valence-corrected chi connectivity index (χ3v) is 7.06. The molecule has 8 heteroatoms. The van der Waals surface area contributed by atoms with Gasteiger partial charge in [0.2, 0.25) is 5.91 Å². The molecule has 3 aromatic rings. The molecule has 0 fully saturated rings. The maximum absolute atomic E-state index is 14.1. The van der Waals surface area contributed by atoms with Crippen LogP contribution in [-0.2, 0) is 11.2 Å². The van der Waals surface area contributed by atoms with Gasteiger partial charge in [-0.05, 0) is 60.2 Å². The Morgan fingerprint density at radius 2 is 2.03 bits per heavy atom. The Morgan fingerprint density at radius 3 is 2.79 bits per heavy atom. The van der Waals surface area contributed by atoms with E-state index in [0.717, 1.165) is 12.0 Å². The van der Waals surface area contributed by atoms with Crippen molar-refractivity contribution in [2.45, 2.75) is 25.8 Å². The highest BCUT2D eigenvalue weighted by Crippen LogP contribution is 2.34. The highest BCUT2D eigenvalue weighted by atomic mass is 35.5. The van der Waals surface area contributed by atoms with Crippen LogP contribution in [0.5, 0.6) is 5.75 Å². The number of halogens is 2. The molecule has 1 atom stereocenters. The molecular formula is C26H26ClFN2O3S. The first-order valence-electron chi connectivity index (χ1n) is 11.3. The summed E-state index contributed by atoms with van der Waals surface area (Å²) in [6.45, 7) is 3.02. The fraction of sp³-hybridized carbons (Fsp3) is 0.308. The number of hydrogen-bond donors (Lipinski definition) is 0. The molecule has 2 amide bonds. The molecule has 0 aliphatic carbocycles. The molecular weight excluding hydrogens is 475 g/mol. The van der Waals surface area contributed by atoms with Gasteiger partial charge in [-0.15, -0.1) is 11.3 Å². The van der Waals surface area contributed by atoms with E-state index in [2.05, 4.69) is 0 Å². The van der Waals surface area contributed by atoms with E-state index in [1.54, 1.807) is 63.6 Å². The Bertz CT molecular complexity index is 1170. The summed E-state index contributed by atoms with van der Waals surface area (Å²) in [6.07, 6.45) is 1.46. The molecule has 2 heterocycles. The first-order chi connectivity index (χ1) is 16.5. The van der Waals surface area contributed by atoms with Crippen LogP contribution >= 0.6 is 22.9 Å². The summed E-state index contributed by atoms with van der Waals surface area (Å²) < 4.78 is 19.9. The van der Waals surface area contributed by atoms with Crippen molar-refractivity contribution >= 4 is 34.8 Å². The van der Waals surface area contributed by atoms with E-state index >= 15 is 0 Å². The molecule has 2 aromatic carbocycles. The molecule has 178 valence electrons. The Kier molecular flexibility index (Phi) is 7.85.